The van der Waals surface area contributed by atoms with Crippen LogP contribution < -0.4 is 10.6 Å². The first-order chi connectivity index (χ1) is 8.97. The maximum absolute atomic E-state index is 11.0. The molecule has 0 atom stereocenters. The molecule has 19 heavy (non-hydrogen) atoms. The first kappa shape index (κ1) is 17.9. The van der Waals surface area contributed by atoms with E-state index in [0.29, 0.717) is 6.54 Å². The Morgan fingerprint density at radius 2 is 1.68 bits per heavy atom. The molecule has 2 N–H and O–H groups in total. The van der Waals surface area contributed by atoms with Crippen molar-refractivity contribution < 1.29 is 4.79 Å². The third-order valence-corrected chi connectivity index (χ3v) is 3.64. The molecule has 5 heteroatoms. The molecule has 0 bridgehead atoms. The number of thioether (sulfide) groups is 1. The monoisotopic (exact) mass is 285 g/mol. The second-order valence-electron chi connectivity index (χ2n) is 4.49. The molecule has 0 fully saturated rings. The van der Waals surface area contributed by atoms with E-state index in [1.165, 1.54) is 0 Å². The fourth-order valence-electron chi connectivity index (χ4n) is 1.26. The second-order valence-corrected chi connectivity index (χ2v) is 5.48. The predicted molar refractivity (Wildman–Crippen MR) is 85.2 cm³/mol. The molecule has 1 amide bonds. The lowest BCUT2D eigenvalue weighted by Gasteiger charge is -2.16. The van der Waals surface area contributed by atoms with Crippen molar-refractivity contribution in [2.45, 2.75) is 20.3 Å². The molecule has 0 aliphatic carbocycles. The molecule has 0 heterocycles. The standard InChI is InChI=1S/C14H27N3OS/c1-6-7-15-12(2)10-19-11-13(3)16-8-9-17(5)14(4)18/h15-16H,2-3,6-11H2,1,4-5H3. The summed E-state index contributed by atoms with van der Waals surface area (Å²) in [6.45, 7) is 14.1. The lowest BCUT2D eigenvalue weighted by atomic mass is 10.4. The lowest BCUT2D eigenvalue weighted by molar-refractivity contribution is -0.127. The van der Waals surface area contributed by atoms with Gasteiger partial charge in [0.05, 0.1) is 0 Å². The summed E-state index contributed by atoms with van der Waals surface area (Å²) in [4.78, 5) is 12.7. The Balaban J connectivity index is 3.54. The van der Waals surface area contributed by atoms with Crippen LogP contribution in [0.3, 0.4) is 0 Å². The van der Waals surface area contributed by atoms with Crippen molar-refractivity contribution in [2.75, 3.05) is 38.2 Å². The van der Waals surface area contributed by atoms with E-state index >= 15 is 0 Å². The Labute approximate surface area is 121 Å². The Kier molecular flexibility index (Phi) is 10.2. The van der Waals surface area contributed by atoms with Crippen molar-refractivity contribution in [2.24, 2.45) is 0 Å². The van der Waals surface area contributed by atoms with Crippen LogP contribution in [-0.2, 0) is 4.79 Å². The van der Waals surface area contributed by atoms with Gasteiger partial charge < -0.3 is 15.5 Å². The third kappa shape index (κ3) is 10.5. The first-order valence-corrected chi connectivity index (χ1v) is 7.75. The van der Waals surface area contributed by atoms with Gasteiger partial charge in [0, 0.05) is 56.5 Å². The van der Waals surface area contributed by atoms with Gasteiger partial charge in [-0.25, -0.2) is 0 Å². The number of amides is 1. The minimum Gasteiger partial charge on any atom is -0.388 e. The van der Waals surface area contributed by atoms with Gasteiger partial charge in [-0.1, -0.05) is 20.1 Å². The highest BCUT2D eigenvalue weighted by molar-refractivity contribution is 7.99. The van der Waals surface area contributed by atoms with Crippen LogP contribution in [0.15, 0.2) is 24.6 Å². The Bertz CT molecular complexity index is 305. The van der Waals surface area contributed by atoms with E-state index in [2.05, 4.69) is 30.7 Å². The van der Waals surface area contributed by atoms with Gasteiger partial charge in [0.15, 0.2) is 0 Å². The minimum absolute atomic E-state index is 0.0834. The van der Waals surface area contributed by atoms with Gasteiger partial charge in [-0.3, -0.25) is 4.79 Å². The van der Waals surface area contributed by atoms with Crippen LogP contribution in [0.5, 0.6) is 0 Å². The van der Waals surface area contributed by atoms with Crippen LogP contribution in [0.2, 0.25) is 0 Å². The zero-order valence-electron chi connectivity index (χ0n) is 12.4. The summed E-state index contributed by atoms with van der Waals surface area (Å²) in [5.41, 5.74) is 2.06. The summed E-state index contributed by atoms with van der Waals surface area (Å²) >= 11 is 1.78. The van der Waals surface area contributed by atoms with Crippen molar-refractivity contribution in [1.82, 2.24) is 15.5 Å². The molecule has 0 aromatic rings. The molecule has 4 nitrogen and oxygen atoms in total. The van der Waals surface area contributed by atoms with E-state index < -0.39 is 0 Å². The predicted octanol–water partition coefficient (Wildman–Crippen LogP) is 1.81. The highest BCUT2D eigenvalue weighted by atomic mass is 32.2. The summed E-state index contributed by atoms with van der Waals surface area (Å²) in [7, 11) is 1.80. The zero-order chi connectivity index (χ0) is 14.7. The summed E-state index contributed by atoms with van der Waals surface area (Å²) in [5, 5.41) is 6.49. The highest BCUT2D eigenvalue weighted by Crippen LogP contribution is 2.07. The van der Waals surface area contributed by atoms with Crippen LogP contribution in [0, 0.1) is 0 Å². The van der Waals surface area contributed by atoms with Crippen molar-refractivity contribution >= 4 is 17.7 Å². The molecule has 0 aromatic heterocycles. The summed E-state index contributed by atoms with van der Waals surface area (Å²) in [6, 6.07) is 0. The van der Waals surface area contributed by atoms with Gasteiger partial charge in [0.25, 0.3) is 0 Å². The maximum atomic E-state index is 11.0. The van der Waals surface area contributed by atoms with Gasteiger partial charge in [-0.05, 0) is 6.42 Å². The van der Waals surface area contributed by atoms with E-state index in [1.807, 2.05) is 0 Å². The molecule has 0 spiro atoms. The molecule has 0 saturated carbocycles. The number of likely N-dealkylation sites (N-methyl/N-ethyl adjacent to an activating group) is 1. The van der Waals surface area contributed by atoms with Gasteiger partial charge >= 0.3 is 0 Å². The highest BCUT2D eigenvalue weighted by Gasteiger charge is 2.01. The normalized spacial score (nSPS) is 9.84. The smallest absolute Gasteiger partial charge is 0.219 e. The Morgan fingerprint density at radius 3 is 2.16 bits per heavy atom. The molecule has 0 saturated heterocycles. The van der Waals surface area contributed by atoms with Crippen LogP contribution >= 0.6 is 11.8 Å². The molecular weight excluding hydrogens is 258 g/mol. The third-order valence-electron chi connectivity index (χ3n) is 2.54. The van der Waals surface area contributed by atoms with E-state index in [9.17, 15) is 4.79 Å². The first-order valence-electron chi connectivity index (χ1n) is 6.60. The quantitative estimate of drug-likeness (QED) is 0.608. The summed E-state index contributed by atoms with van der Waals surface area (Å²) in [5.74, 6) is 1.84. The van der Waals surface area contributed by atoms with Crippen LogP contribution in [0.25, 0.3) is 0 Å². The Hall–Kier alpha value is -1.10. The topological polar surface area (TPSA) is 44.4 Å². The molecular formula is C14H27N3OS. The van der Waals surface area contributed by atoms with E-state index in [1.54, 1.807) is 30.6 Å². The van der Waals surface area contributed by atoms with Gasteiger partial charge in [0.1, 0.15) is 0 Å². The van der Waals surface area contributed by atoms with Crippen molar-refractivity contribution in [3.05, 3.63) is 24.6 Å². The van der Waals surface area contributed by atoms with Crippen LogP contribution in [-0.4, -0.2) is 49.0 Å². The van der Waals surface area contributed by atoms with Crippen LogP contribution in [0.1, 0.15) is 20.3 Å². The minimum atomic E-state index is 0.0834. The zero-order valence-corrected chi connectivity index (χ0v) is 13.2. The number of hydrogen-bond donors (Lipinski definition) is 2. The number of rotatable bonds is 11. The summed E-state index contributed by atoms with van der Waals surface area (Å²) in [6.07, 6.45) is 1.11. The van der Waals surface area contributed by atoms with Crippen molar-refractivity contribution in [3.63, 3.8) is 0 Å². The molecule has 0 aliphatic rings. The largest absolute Gasteiger partial charge is 0.388 e. The molecule has 0 rings (SSSR count). The fourth-order valence-corrected chi connectivity index (χ4v) is 2.06. The number of carbonyl (C=O) groups is 1. The number of nitrogens with one attached hydrogen (secondary N) is 2. The van der Waals surface area contributed by atoms with Gasteiger partial charge in [-0.2, -0.15) is 0 Å². The molecule has 110 valence electrons. The molecule has 0 aliphatic heterocycles. The van der Waals surface area contributed by atoms with E-state index in [0.717, 1.165) is 42.4 Å². The average Bonchev–Trinajstić information content (AvgIpc) is 2.36. The number of carbonyl (C=O) groups excluding carboxylic acids is 1. The van der Waals surface area contributed by atoms with E-state index in [4.69, 9.17) is 0 Å². The van der Waals surface area contributed by atoms with Crippen LogP contribution in [0.4, 0.5) is 0 Å². The second kappa shape index (κ2) is 10.8. The number of nitrogens with zero attached hydrogens (tertiary/aromatic N) is 1. The molecule has 0 radical (unpaired) electrons. The SMILES string of the molecule is C=C(CSCC(=C)NCCN(C)C(C)=O)NCCC. The average molecular weight is 285 g/mol. The van der Waals surface area contributed by atoms with Crippen molar-refractivity contribution in [3.8, 4) is 0 Å². The van der Waals surface area contributed by atoms with Gasteiger partial charge in [-0.15, -0.1) is 11.8 Å². The van der Waals surface area contributed by atoms with Gasteiger partial charge in [0.2, 0.25) is 5.91 Å². The lowest BCUT2D eigenvalue weighted by Crippen LogP contribution is -2.32. The van der Waals surface area contributed by atoms with E-state index in [-0.39, 0.29) is 5.91 Å². The van der Waals surface area contributed by atoms with Crippen molar-refractivity contribution in [1.29, 1.82) is 0 Å². The molecule has 0 aromatic carbocycles. The summed E-state index contributed by atoms with van der Waals surface area (Å²) < 4.78 is 0. The molecule has 0 unspecified atom stereocenters. The maximum Gasteiger partial charge on any atom is 0.219 e. The number of hydrogen-bond acceptors (Lipinski definition) is 4. The fraction of sp³-hybridized carbons (Fsp3) is 0.643. The Morgan fingerprint density at radius 1 is 1.16 bits per heavy atom.